The molecule has 3 nitrogen and oxygen atoms in total. The first kappa shape index (κ1) is 12.5. The summed E-state index contributed by atoms with van der Waals surface area (Å²) in [5.41, 5.74) is 5.66. The zero-order valence-electron chi connectivity index (χ0n) is 8.87. The van der Waals surface area contributed by atoms with Gasteiger partial charge >= 0.3 is 0 Å². The molecule has 84 valence electrons. The maximum absolute atomic E-state index is 11.7. The highest BCUT2D eigenvalue weighted by molar-refractivity contribution is 7.16. The number of likely N-dealkylation sites (N-methyl/N-ethyl adjacent to an activating group) is 1. The molecule has 1 amide bonds. The lowest BCUT2D eigenvalue weighted by molar-refractivity contribution is -0.131. The molecule has 2 N–H and O–H groups in total. The molecule has 1 aromatic rings. The standard InChI is InChI=1S/C10H15ClN2OS/c1-3-8(12)10(14)13(2)6-7-4-5-9(11)15-7/h4-5,8H,3,6,12H2,1-2H3. The van der Waals surface area contributed by atoms with Gasteiger partial charge in [-0.3, -0.25) is 4.79 Å². The summed E-state index contributed by atoms with van der Waals surface area (Å²) in [4.78, 5) is 14.4. The van der Waals surface area contributed by atoms with Crippen LogP contribution in [-0.4, -0.2) is 23.9 Å². The van der Waals surface area contributed by atoms with E-state index in [-0.39, 0.29) is 5.91 Å². The molecule has 0 aliphatic rings. The molecule has 5 heteroatoms. The Labute approximate surface area is 98.8 Å². The van der Waals surface area contributed by atoms with E-state index in [1.807, 2.05) is 19.1 Å². The number of nitrogens with zero attached hydrogens (tertiary/aromatic N) is 1. The van der Waals surface area contributed by atoms with E-state index >= 15 is 0 Å². The molecule has 0 saturated heterocycles. The molecule has 1 heterocycles. The van der Waals surface area contributed by atoms with E-state index < -0.39 is 6.04 Å². The van der Waals surface area contributed by atoms with Crippen molar-refractivity contribution in [3.63, 3.8) is 0 Å². The monoisotopic (exact) mass is 246 g/mol. The first-order chi connectivity index (χ1) is 7.04. The summed E-state index contributed by atoms with van der Waals surface area (Å²) in [6, 6.07) is 3.36. The average molecular weight is 247 g/mol. The van der Waals surface area contributed by atoms with Gasteiger partial charge < -0.3 is 10.6 Å². The van der Waals surface area contributed by atoms with Crippen molar-refractivity contribution in [1.82, 2.24) is 4.90 Å². The Kier molecular flexibility index (Phi) is 4.57. The third-order valence-corrected chi connectivity index (χ3v) is 3.37. The molecule has 0 aliphatic carbocycles. The Morgan fingerprint density at radius 3 is 2.80 bits per heavy atom. The van der Waals surface area contributed by atoms with Gasteiger partial charge in [0.05, 0.1) is 16.9 Å². The number of carbonyl (C=O) groups is 1. The van der Waals surface area contributed by atoms with Crippen LogP contribution in [0.5, 0.6) is 0 Å². The smallest absolute Gasteiger partial charge is 0.239 e. The van der Waals surface area contributed by atoms with Crippen molar-refractivity contribution < 1.29 is 4.79 Å². The number of hydrogen-bond acceptors (Lipinski definition) is 3. The minimum Gasteiger partial charge on any atom is -0.339 e. The molecule has 0 aliphatic heterocycles. The number of nitrogens with two attached hydrogens (primary N) is 1. The minimum absolute atomic E-state index is 0.0259. The first-order valence-electron chi connectivity index (χ1n) is 4.79. The van der Waals surface area contributed by atoms with Crippen LogP contribution in [0.1, 0.15) is 18.2 Å². The van der Waals surface area contributed by atoms with Crippen molar-refractivity contribution in [2.45, 2.75) is 25.9 Å². The highest BCUT2D eigenvalue weighted by Gasteiger charge is 2.16. The fraction of sp³-hybridized carbons (Fsp3) is 0.500. The third kappa shape index (κ3) is 3.48. The van der Waals surface area contributed by atoms with Crippen molar-refractivity contribution in [3.05, 3.63) is 21.3 Å². The molecule has 1 unspecified atom stereocenters. The van der Waals surface area contributed by atoms with Crippen LogP contribution in [0.4, 0.5) is 0 Å². The maximum Gasteiger partial charge on any atom is 0.239 e. The third-order valence-electron chi connectivity index (χ3n) is 2.16. The second-order valence-electron chi connectivity index (χ2n) is 3.41. The topological polar surface area (TPSA) is 46.3 Å². The Bertz CT molecular complexity index is 340. The van der Waals surface area contributed by atoms with Crippen LogP contribution in [0, 0.1) is 0 Å². The summed E-state index contributed by atoms with van der Waals surface area (Å²) < 4.78 is 0.741. The highest BCUT2D eigenvalue weighted by atomic mass is 35.5. The lowest BCUT2D eigenvalue weighted by Gasteiger charge is -2.19. The molecule has 1 aromatic heterocycles. The van der Waals surface area contributed by atoms with Gasteiger partial charge in [-0.2, -0.15) is 0 Å². The Morgan fingerprint density at radius 2 is 2.33 bits per heavy atom. The Hall–Kier alpha value is -0.580. The number of hydrogen-bond donors (Lipinski definition) is 1. The molecule has 0 aromatic carbocycles. The summed E-state index contributed by atoms with van der Waals surface area (Å²) >= 11 is 7.29. The largest absolute Gasteiger partial charge is 0.339 e. The summed E-state index contributed by atoms with van der Waals surface area (Å²) in [5.74, 6) is -0.0259. The molecular weight excluding hydrogens is 232 g/mol. The molecule has 1 atom stereocenters. The van der Waals surface area contributed by atoms with Crippen molar-refractivity contribution in [3.8, 4) is 0 Å². The summed E-state index contributed by atoms with van der Waals surface area (Å²) in [5, 5.41) is 0. The number of amides is 1. The van der Waals surface area contributed by atoms with E-state index in [0.29, 0.717) is 13.0 Å². The first-order valence-corrected chi connectivity index (χ1v) is 5.98. The fourth-order valence-electron chi connectivity index (χ4n) is 1.21. The van der Waals surface area contributed by atoms with Gasteiger partial charge in [-0.05, 0) is 18.6 Å². The number of halogens is 1. The Balaban J connectivity index is 2.55. The average Bonchev–Trinajstić information content (AvgIpc) is 2.61. The number of rotatable bonds is 4. The molecule has 0 fully saturated rings. The van der Waals surface area contributed by atoms with Gasteiger partial charge in [-0.1, -0.05) is 18.5 Å². The summed E-state index contributed by atoms with van der Waals surface area (Å²) in [6.07, 6.45) is 0.661. The maximum atomic E-state index is 11.7. The molecular formula is C10H15ClN2OS. The van der Waals surface area contributed by atoms with Crippen LogP contribution in [-0.2, 0) is 11.3 Å². The van der Waals surface area contributed by atoms with Crippen molar-refractivity contribution >= 4 is 28.8 Å². The van der Waals surface area contributed by atoms with Gasteiger partial charge in [-0.25, -0.2) is 0 Å². The van der Waals surface area contributed by atoms with Crippen LogP contribution in [0.2, 0.25) is 4.34 Å². The van der Waals surface area contributed by atoms with E-state index in [1.165, 1.54) is 11.3 Å². The predicted molar refractivity (Wildman–Crippen MR) is 64.1 cm³/mol. The molecule has 0 bridgehead atoms. The highest BCUT2D eigenvalue weighted by Crippen LogP contribution is 2.22. The van der Waals surface area contributed by atoms with Crippen LogP contribution in [0.3, 0.4) is 0 Å². The van der Waals surface area contributed by atoms with Crippen LogP contribution in [0.25, 0.3) is 0 Å². The van der Waals surface area contributed by atoms with Gasteiger partial charge in [-0.15, -0.1) is 11.3 Å². The molecule has 0 saturated carbocycles. The minimum atomic E-state index is -0.398. The zero-order chi connectivity index (χ0) is 11.4. The van der Waals surface area contributed by atoms with Gasteiger partial charge in [0, 0.05) is 11.9 Å². The second kappa shape index (κ2) is 5.49. The number of thiophene rings is 1. The summed E-state index contributed by atoms with van der Waals surface area (Å²) in [7, 11) is 1.76. The van der Waals surface area contributed by atoms with E-state index in [1.54, 1.807) is 11.9 Å². The molecule has 0 radical (unpaired) electrons. The van der Waals surface area contributed by atoms with Gasteiger partial charge in [0.25, 0.3) is 0 Å². The molecule has 15 heavy (non-hydrogen) atoms. The van der Waals surface area contributed by atoms with E-state index in [4.69, 9.17) is 17.3 Å². The quantitative estimate of drug-likeness (QED) is 0.885. The van der Waals surface area contributed by atoms with Crippen LogP contribution < -0.4 is 5.73 Å². The Morgan fingerprint density at radius 1 is 1.67 bits per heavy atom. The lowest BCUT2D eigenvalue weighted by Crippen LogP contribution is -2.40. The van der Waals surface area contributed by atoms with E-state index in [9.17, 15) is 4.79 Å². The van der Waals surface area contributed by atoms with Crippen molar-refractivity contribution in [1.29, 1.82) is 0 Å². The second-order valence-corrected chi connectivity index (χ2v) is 5.21. The van der Waals surface area contributed by atoms with Gasteiger partial charge in [0.15, 0.2) is 0 Å². The zero-order valence-corrected chi connectivity index (χ0v) is 10.4. The van der Waals surface area contributed by atoms with Gasteiger partial charge in [0.2, 0.25) is 5.91 Å². The van der Waals surface area contributed by atoms with Crippen molar-refractivity contribution in [2.24, 2.45) is 5.73 Å². The van der Waals surface area contributed by atoms with E-state index in [0.717, 1.165) is 9.21 Å². The molecule has 0 spiro atoms. The predicted octanol–water partition coefficient (Wildman–Crippen LogP) is 2.10. The fourth-order valence-corrected chi connectivity index (χ4v) is 2.35. The number of carbonyl (C=O) groups excluding carboxylic acids is 1. The van der Waals surface area contributed by atoms with Crippen molar-refractivity contribution in [2.75, 3.05) is 7.05 Å². The normalized spacial score (nSPS) is 12.5. The summed E-state index contributed by atoms with van der Waals surface area (Å²) in [6.45, 7) is 2.47. The van der Waals surface area contributed by atoms with Crippen LogP contribution in [0.15, 0.2) is 12.1 Å². The van der Waals surface area contributed by atoms with Gasteiger partial charge in [0.1, 0.15) is 0 Å². The van der Waals surface area contributed by atoms with Crippen LogP contribution >= 0.6 is 22.9 Å². The SMILES string of the molecule is CCC(N)C(=O)N(C)Cc1ccc(Cl)s1. The van der Waals surface area contributed by atoms with E-state index in [2.05, 4.69) is 0 Å². The lowest BCUT2D eigenvalue weighted by atomic mass is 10.2. The molecule has 1 rings (SSSR count).